The molecule has 14 aliphatic rings. The van der Waals surface area contributed by atoms with Gasteiger partial charge in [0.25, 0.3) is 41.4 Å². The first-order chi connectivity index (χ1) is 65.4. The fraction of sp³-hybridized carbons (Fsp3) is 0.308. The van der Waals surface area contributed by atoms with Gasteiger partial charge in [0.15, 0.2) is 0 Å². The molecule has 0 spiro atoms. The Hall–Kier alpha value is -16.6. The second kappa shape index (κ2) is 37.6. The minimum Gasteiger partial charge on any atom is -0.398 e. The van der Waals surface area contributed by atoms with Crippen LogP contribution in [0.4, 0.5) is 39.8 Å². The molecule has 0 aliphatic carbocycles. The number of fused-ring (bicyclic) bond motifs is 7. The van der Waals surface area contributed by atoms with Crippen LogP contribution >= 0.6 is 0 Å². The topological polar surface area (TPSA) is 648 Å². The van der Waals surface area contributed by atoms with Crippen LogP contribution in [0, 0.1) is 0 Å². The highest BCUT2D eigenvalue weighted by molar-refractivity contribution is 6.13. The zero-order chi connectivity index (χ0) is 99.5. The van der Waals surface area contributed by atoms with Crippen LogP contribution in [0.15, 0.2) is 127 Å². The summed E-state index contributed by atoms with van der Waals surface area (Å²) in [7, 11) is 0. The summed E-state index contributed by atoms with van der Waals surface area (Å²) in [5.74, 6) is -9.04. The highest BCUT2D eigenvalue weighted by Gasteiger charge is 2.48. The molecule has 42 heteroatoms. The number of nitrogens with one attached hydrogen (secondary N) is 7. The van der Waals surface area contributed by atoms with Crippen molar-refractivity contribution in [3.63, 3.8) is 0 Å². The van der Waals surface area contributed by atoms with E-state index in [-0.39, 0.29) is 143 Å². The lowest BCUT2D eigenvalue weighted by atomic mass is 10.0. The smallest absolute Gasteiger partial charge is 0.255 e. The summed E-state index contributed by atoms with van der Waals surface area (Å²) in [5.41, 5.74) is 51.4. The van der Waals surface area contributed by atoms with E-state index in [0.29, 0.717) is 123 Å². The van der Waals surface area contributed by atoms with Crippen molar-refractivity contribution in [3.8, 4) is 0 Å². The first-order valence-electron chi connectivity index (χ1n) is 44.6. The Morgan fingerprint density at radius 2 is 0.383 bits per heavy atom. The van der Waals surface area contributed by atoms with Gasteiger partial charge in [-0.25, -0.2) is 0 Å². The van der Waals surface area contributed by atoms with Gasteiger partial charge < -0.3 is 74.4 Å². The van der Waals surface area contributed by atoms with Crippen molar-refractivity contribution in [1.82, 2.24) is 71.5 Å². The molecule has 3 unspecified atom stereocenters. The van der Waals surface area contributed by atoms with Gasteiger partial charge in [0.05, 0.1) is 6.85 Å². The van der Waals surface area contributed by atoms with Crippen LogP contribution in [0.1, 0.15) is 208 Å². The number of nitrogens with two attached hydrogens (primary N) is 7. The number of hydrogen-bond donors (Lipinski definition) is 14. The summed E-state index contributed by atoms with van der Waals surface area (Å²) in [4.78, 5) is 257. The molecule has 7 saturated heterocycles. The number of nitrogen functional groups attached to an aromatic ring is 7. The van der Waals surface area contributed by atoms with Crippen molar-refractivity contribution >= 4 is 164 Å². The summed E-state index contributed by atoms with van der Waals surface area (Å²) in [6.45, 7) is -0.850. The van der Waals surface area contributed by atoms with Crippen LogP contribution in [0.3, 0.4) is 0 Å². The Labute approximate surface area is 763 Å². The molecule has 0 radical (unpaired) electrons. The molecule has 0 aromatic heterocycles. The minimum atomic E-state index is -2.18. The van der Waals surface area contributed by atoms with Crippen LogP contribution in [-0.4, -0.2) is 201 Å². The first-order valence-corrected chi connectivity index (χ1v) is 42.1. The third-order valence-electron chi connectivity index (χ3n) is 24.5. The molecule has 14 aliphatic heterocycles. The van der Waals surface area contributed by atoms with Gasteiger partial charge in [-0.3, -0.25) is 138 Å². The lowest BCUT2D eigenvalue weighted by molar-refractivity contribution is -0.138. The molecule has 7 fully saturated rings. The van der Waals surface area contributed by atoms with E-state index < -0.39 is 137 Å². The molecule has 0 bridgehead atoms. The highest BCUT2D eigenvalue weighted by Crippen LogP contribution is 2.39. The number of amides is 21. The fourth-order valence-corrected chi connectivity index (χ4v) is 17.5. The molecule has 42 nitrogen and oxygen atoms in total. The summed E-state index contributed by atoms with van der Waals surface area (Å²) < 4.78 is 41.3. The molecule has 133 heavy (non-hydrogen) atoms. The average Bonchev–Trinajstić information content (AvgIpc) is 1.56. The maximum atomic E-state index is 12.5. The molecule has 14 heterocycles. The van der Waals surface area contributed by atoms with Gasteiger partial charge in [0.1, 0.15) is 42.2 Å². The molecule has 7 aromatic carbocycles. The van der Waals surface area contributed by atoms with E-state index in [2.05, 4.69) is 37.2 Å². The van der Waals surface area contributed by atoms with Crippen LogP contribution in [-0.2, 0) is 113 Å². The summed E-state index contributed by atoms with van der Waals surface area (Å²) in [6, 6.07) is 26.9. The van der Waals surface area contributed by atoms with Crippen LogP contribution in [0.5, 0.6) is 0 Å². The number of nitrogens with zero attached hydrogens (tertiary/aromatic N) is 7. The van der Waals surface area contributed by atoms with Crippen LogP contribution < -0.4 is 77.4 Å². The Morgan fingerprint density at radius 3 is 0.579 bits per heavy atom. The third-order valence-corrected chi connectivity index (χ3v) is 24.5. The number of piperidine rings is 7. The largest absolute Gasteiger partial charge is 0.398 e. The molecule has 21 amide bonds. The maximum Gasteiger partial charge on any atom is 0.255 e. The molecule has 7 aromatic rings. The minimum absolute atomic E-state index is 0.00268. The van der Waals surface area contributed by atoms with E-state index in [0.717, 1.165) is 21.6 Å². The van der Waals surface area contributed by atoms with Gasteiger partial charge >= 0.3 is 0 Å². The number of benzene rings is 7. The Kier molecular flexibility index (Phi) is 23.9. The van der Waals surface area contributed by atoms with Crippen molar-refractivity contribution < 1.29 is 108 Å². The Morgan fingerprint density at radius 1 is 0.218 bits per heavy atom. The number of imide groups is 7. The van der Waals surface area contributed by atoms with Crippen molar-refractivity contribution in [2.24, 2.45) is 0 Å². The van der Waals surface area contributed by atoms with Gasteiger partial charge in [-0.15, -0.1) is 0 Å². The van der Waals surface area contributed by atoms with Gasteiger partial charge in [0.2, 0.25) is 82.7 Å². The van der Waals surface area contributed by atoms with Gasteiger partial charge in [-0.2, -0.15) is 0 Å². The normalized spacial score (nSPS) is 25.0. The lowest BCUT2D eigenvalue weighted by Gasteiger charge is -2.29. The van der Waals surface area contributed by atoms with Crippen LogP contribution in [0.25, 0.3) is 0 Å². The quantitative estimate of drug-likeness (QED) is 0.0749. The first kappa shape index (κ1) is 84.6. The molecular weight excluding hydrogens is 1720 g/mol. The van der Waals surface area contributed by atoms with Crippen LogP contribution in [0.2, 0.25) is 0 Å². The van der Waals surface area contributed by atoms with Crippen molar-refractivity contribution in [2.45, 2.75) is 178 Å². The summed E-state index contributed by atoms with van der Waals surface area (Å²) >= 11 is 0. The summed E-state index contributed by atoms with van der Waals surface area (Å²) in [5, 5.41) is 15.3. The average molecular weight is 1820 g/mol. The molecular formula is C91H91N21O21. The van der Waals surface area contributed by atoms with Crippen molar-refractivity contribution in [3.05, 3.63) is 205 Å². The van der Waals surface area contributed by atoms with E-state index >= 15 is 0 Å². The second-order valence-electron chi connectivity index (χ2n) is 32.6. The summed E-state index contributed by atoms with van der Waals surface area (Å²) in [6.07, 6.45) is 2.17. The van der Waals surface area contributed by atoms with Crippen molar-refractivity contribution in [2.75, 3.05) is 40.1 Å². The SMILES string of the molecule is Nc1cccc2c1CN(C1CCC(=O)NC1=O)C2=O.Nc1cccc2c1CN([C@@H]1CCC(=O)NC1=O)C2=O.Nc1cccc2c1CN([C@H]1CCC(=O)NC1=O)C2=O.[2H]C1(N2Cc3c(N)cccc3C2=O)CCC(=O)NC1=O.[2H]C1([2H])c2c(N)cccc2C(=O)N1C1CCC(=O)NC1=O.[2H][C@@]1(N2Cc3c(N)cccc3C2=O)CCC(=O)NC1=O.[2H][C@]1(N2Cc3c(N)cccc3C2=O)CCC(=O)NC1=O. The van der Waals surface area contributed by atoms with Crippen molar-refractivity contribution in [1.29, 1.82) is 0 Å². The van der Waals surface area contributed by atoms with E-state index in [1.165, 1.54) is 41.5 Å². The van der Waals surface area contributed by atoms with Gasteiger partial charge in [-0.1, -0.05) is 42.5 Å². The zero-order valence-electron chi connectivity index (χ0n) is 75.8. The van der Waals surface area contributed by atoms with Gasteiger partial charge in [-0.05, 0) is 130 Å². The van der Waals surface area contributed by atoms with E-state index in [9.17, 15) is 101 Å². The lowest BCUT2D eigenvalue weighted by Crippen LogP contribution is -2.52. The maximum absolute atomic E-state index is 12.5. The van der Waals surface area contributed by atoms with E-state index in [4.69, 9.17) is 47.0 Å². The number of anilines is 7. The molecule has 21 rings (SSSR count). The van der Waals surface area contributed by atoms with E-state index in [1.54, 1.807) is 115 Å². The Balaban J connectivity index is 0.000000122. The molecule has 686 valence electrons. The van der Waals surface area contributed by atoms with Gasteiger partial charge in [0, 0.05) is 208 Å². The predicted octanol–water partition coefficient (Wildman–Crippen LogP) is 0.209. The second-order valence-corrected chi connectivity index (χ2v) is 32.6. The number of carbonyl (C=O) groups is 21. The predicted molar refractivity (Wildman–Crippen MR) is 468 cm³/mol. The Bertz CT molecular complexity index is 6040. The number of hydrogen-bond acceptors (Lipinski definition) is 28. The standard InChI is InChI=1S/7C13H13N3O3/c7*14-9-3-1-2-7-8(9)6-16(13(7)19)10-4-5-11(17)15-12(10)18/h7*1-3,10H,4-6,14H2,(H,15,17,18)/t4*10-;;;/m1100.../s1/i10D;;10D;;10D;6D2;. The monoisotopic (exact) mass is 1820 g/mol. The van der Waals surface area contributed by atoms with E-state index in [1.807, 2.05) is 0 Å². The third kappa shape index (κ3) is 18.4. The zero-order valence-corrected chi connectivity index (χ0v) is 70.8. The number of carbonyl (C=O) groups excluding carboxylic acids is 21. The fourth-order valence-electron chi connectivity index (χ4n) is 17.5. The highest BCUT2D eigenvalue weighted by atomic mass is 16.2. The molecule has 0 saturated carbocycles. The molecule has 7 atom stereocenters. The molecule has 21 N–H and O–H groups in total. The number of rotatable bonds is 7.